The number of allylic oxidation sites excluding steroid dienone is 1. The Kier molecular flexibility index (Phi) is 6.42. The number of hydrogen-bond acceptors (Lipinski definition) is 7. The van der Waals surface area contributed by atoms with Gasteiger partial charge in [0, 0.05) is 22.5 Å². The van der Waals surface area contributed by atoms with Crippen molar-refractivity contribution in [1.29, 1.82) is 0 Å². The molecule has 158 valence electrons. The van der Waals surface area contributed by atoms with Crippen LogP contribution >= 0.6 is 46.5 Å². The van der Waals surface area contributed by atoms with Gasteiger partial charge in [-0.1, -0.05) is 29.8 Å². The van der Waals surface area contributed by atoms with Gasteiger partial charge in [0.25, 0.3) is 5.91 Å². The van der Waals surface area contributed by atoms with Crippen molar-refractivity contribution in [2.45, 2.75) is 19.9 Å². The lowest BCUT2D eigenvalue weighted by atomic mass is 10.2. The number of carbonyl (C=O) groups excluding carboxylic acids is 1. The van der Waals surface area contributed by atoms with Crippen LogP contribution in [0.15, 0.2) is 42.3 Å². The number of amides is 1. The fourth-order valence-corrected chi connectivity index (χ4v) is 5.00. The van der Waals surface area contributed by atoms with E-state index in [-0.39, 0.29) is 5.91 Å². The topological polar surface area (TPSA) is 88.5 Å². The van der Waals surface area contributed by atoms with Gasteiger partial charge in [-0.2, -0.15) is 5.10 Å². The molecular formula is C20H17ClN6OS3. The minimum absolute atomic E-state index is 0.237. The second-order valence-corrected chi connectivity index (χ2v) is 9.24. The minimum Gasteiger partial charge on any atom is -0.300 e. The summed E-state index contributed by atoms with van der Waals surface area (Å²) >= 11 is 14.0. The molecule has 0 aliphatic heterocycles. The molecule has 1 aromatic carbocycles. The standard InChI is InChI=1S/C20H17ClN6OS3/c1-3-7-27-15(25-26-20(27)29)9-14-10-30-19(23-14)24-17(28)16-11(2)22-18(31-16)12-5-4-6-13(21)8-12/h3-6,8,10H,1,7,9H2,2H3,(H,26,29)(H,23,24,28). The zero-order valence-corrected chi connectivity index (χ0v) is 19.6. The molecule has 0 spiro atoms. The SMILES string of the molecule is C=CCn1c(Cc2csc(NC(=O)c3sc(-c4cccc(Cl)c4)nc3C)n2)n[nH]c1=S. The van der Waals surface area contributed by atoms with E-state index >= 15 is 0 Å². The molecule has 0 unspecified atom stereocenters. The molecule has 0 saturated heterocycles. The largest absolute Gasteiger partial charge is 0.300 e. The predicted molar refractivity (Wildman–Crippen MR) is 128 cm³/mol. The van der Waals surface area contributed by atoms with Gasteiger partial charge in [0.1, 0.15) is 15.7 Å². The van der Waals surface area contributed by atoms with Crippen molar-refractivity contribution in [3.63, 3.8) is 0 Å². The lowest BCUT2D eigenvalue weighted by Crippen LogP contribution is -2.11. The Bertz CT molecular complexity index is 1320. The molecule has 0 radical (unpaired) electrons. The molecule has 0 fully saturated rings. The molecule has 0 bridgehead atoms. The smallest absolute Gasteiger partial charge is 0.269 e. The van der Waals surface area contributed by atoms with Gasteiger partial charge in [-0.15, -0.1) is 29.3 Å². The molecule has 4 rings (SSSR count). The number of rotatable bonds is 7. The van der Waals surface area contributed by atoms with Crippen LogP contribution in [-0.2, 0) is 13.0 Å². The number of aromatic amines is 1. The summed E-state index contributed by atoms with van der Waals surface area (Å²) in [6.07, 6.45) is 2.25. The maximum absolute atomic E-state index is 12.8. The maximum atomic E-state index is 12.8. The molecule has 3 aromatic heterocycles. The summed E-state index contributed by atoms with van der Waals surface area (Å²) in [5.41, 5.74) is 2.33. The number of thiazole rings is 2. The number of carbonyl (C=O) groups is 1. The molecule has 4 aromatic rings. The van der Waals surface area contributed by atoms with Crippen molar-refractivity contribution in [3.05, 3.63) is 74.2 Å². The Hall–Kier alpha value is -2.66. The van der Waals surface area contributed by atoms with Crippen LogP contribution in [0.3, 0.4) is 0 Å². The molecule has 11 heteroatoms. The number of aryl methyl sites for hydroxylation is 1. The first kappa shape index (κ1) is 21.6. The lowest BCUT2D eigenvalue weighted by molar-refractivity contribution is 0.103. The van der Waals surface area contributed by atoms with Crippen molar-refractivity contribution in [2.24, 2.45) is 0 Å². The summed E-state index contributed by atoms with van der Waals surface area (Å²) in [5, 5.41) is 13.7. The number of halogens is 1. The van der Waals surface area contributed by atoms with Crippen LogP contribution in [0.4, 0.5) is 5.13 Å². The maximum Gasteiger partial charge on any atom is 0.269 e. The predicted octanol–water partition coefficient (Wildman–Crippen LogP) is 5.51. The van der Waals surface area contributed by atoms with E-state index in [1.807, 2.05) is 35.1 Å². The first-order chi connectivity index (χ1) is 14.9. The number of hydrogen-bond donors (Lipinski definition) is 2. The van der Waals surface area contributed by atoms with Crippen LogP contribution in [-0.4, -0.2) is 30.6 Å². The molecule has 0 saturated carbocycles. The van der Waals surface area contributed by atoms with Gasteiger partial charge in [0.05, 0.1) is 17.8 Å². The summed E-state index contributed by atoms with van der Waals surface area (Å²) in [5.74, 6) is 0.524. The third-order valence-electron chi connectivity index (χ3n) is 4.33. The van der Waals surface area contributed by atoms with E-state index in [0.29, 0.717) is 38.5 Å². The number of benzene rings is 1. The van der Waals surface area contributed by atoms with Gasteiger partial charge in [-0.05, 0) is 31.3 Å². The fraction of sp³-hybridized carbons (Fsp3) is 0.150. The third kappa shape index (κ3) is 4.82. The third-order valence-corrected chi connectivity index (χ3v) is 6.89. The number of nitrogens with one attached hydrogen (secondary N) is 2. The van der Waals surface area contributed by atoms with Gasteiger partial charge in [0.2, 0.25) is 0 Å². The molecule has 2 N–H and O–H groups in total. The summed E-state index contributed by atoms with van der Waals surface area (Å²) in [4.78, 5) is 22.4. The molecule has 0 aliphatic rings. The number of aromatic nitrogens is 5. The Balaban J connectivity index is 1.48. The van der Waals surface area contributed by atoms with Crippen molar-refractivity contribution >= 4 is 57.5 Å². The van der Waals surface area contributed by atoms with E-state index in [1.54, 1.807) is 12.1 Å². The highest BCUT2D eigenvalue weighted by Crippen LogP contribution is 2.30. The van der Waals surface area contributed by atoms with Crippen LogP contribution in [0.25, 0.3) is 10.6 Å². The quantitative estimate of drug-likeness (QED) is 0.264. The van der Waals surface area contributed by atoms with E-state index in [1.165, 1.54) is 22.7 Å². The van der Waals surface area contributed by atoms with Gasteiger partial charge in [-0.3, -0.25) is 19.8 Å². The normalized spacial score (nSPS) is 10.9. The van der Waals surface area contributed by atoms with Crippen molar-refractivity contribution in [2.75, 3.05) is 5.32 Å². The van der Waals surface area contributed by atoms with E-state index in [2.05, 4.69) is 32.1 Å². The average Bonchev–Trinajstić information content (AvgIpc) is 3.43. The molecule has 1 amide bonds. The molecule has 0 aliphatic carbocycles. The highest BCUT2D eigenvalue weighted by atomic mass is 35.5. The van der Waals surface area contributed by atoms with Crippen LogP contribution in [0, 0.1) is 11.7 Å². The monoisotopic (exact) mass is 488 g/mol. The Labute approximate surface area is 196 Å². The van der Waals surface area contributed by atoms with E-state index < -0.39 is 0 Å². The van der Waals surface area contributed by atoms with E-state index in [9.17, 15) is 4.79 Å². The Morgan fingerprint density at radius 2 is 2.26 bits per heavy atom. The summed E-state index contributed by atoms with van der Waals surface area (Å²) in [6.45, 7) is 6.12. The Morgan fingerprint density at radius 1 is 1.42 bits per heavy atom. The van der Waals surface area contributed by atoms with Crippen LogP contribution in [0.2, 0.25) is 5.02 Å². The number of anilines is 1. The van der Waals surface area contributed by atoms with Crippen LogP contribution in [0.1, 0.15) is 26.9 Å². The van der Waals surface area contributed by atoms with Gasteiger partial charge in [-0.25, -0.2) is 9.97 Å². The fourth-order valence-electron chi connectivity index (χ4n) is 2.92. The number of nitrogens with zero attached hydrogens (tertiary/aromatic N) is 4. The van der Waals surface area contributed by atoms with Gasteiger partial charge in [0.15, 0.2) is 9.90 Å². The van der Waals surface area contributed by atoms with E-state index in [4.69, 9.17) is 23.8 Å². The second kappa shape index (κ2) is 9.23. The average molecular weight is 489 g/mol. The lowest BCUT2D eigenvalue weighted by Gasteiger charge is -2.02. The van der Waals surface area contributed by atoms with Crippen molar-refractivity contribution in [1.82, 2.24) is 24.7 Å². The highest BCUT2D eigenvalue weighted by Gasteiger charge is 2.18. The number of H-pyrrole nitrogens is 1. The van der Waals surface area contributed by atoms with Gasteiger partial charge >= 0.3 is 0 Å². The van der Waals surface area contributed by atoms with Crippen molar-refractivity contribution < 1.29 is 4.79 Å². The summed E-state index contributed by atoms with van der Waals surface area (Å²) in [7, 11) is 0. The first-order valence-corrected chi connectivity index (χ1v) is 11.7. The summed E-state index contributed by atoms with van der Waals surface area (Å²) < 4.78 is 2.40. The molecule has 3 heterocycles. The molecular weight excluding hydrogens is 472 g/mol. The summed E-state index contributed by atoms with van der Waals surface area (Å²) in [6, 6.07) is 7.41. The zero-order chi connectivity index (χ0) is 22.0. The van der Waals surface area contributed by atoms with Crippen LogP contribution in [0.5, 0.6) is 0 Å². The van der Waals surface area contributed by atoms with Gasteiger partial charge < -0.3 is 0 Å². The first-order valence-electron chi connectivity index (χ1n) is 9.18. The Morgan fingerprint density at radius 3 is 3.03 bits per heavy atom. The molecule has 7 nitrogen and oxygen atoms in total. The second-order valence-electron chi connectivity index (χ2n) is 6.56. The molecule has 31 heavy (non-hydrogen) atoms. The van der Waals surface area contributed by atoms with Crippen LogP contribution < -0.4 is 5.32 Å². The van der Waals surface area contributed by atoms with E-state index in [0.717, 1.165) is 22.1 Å². The zero-order valence-electron chi connectivity index (χ0n) is 16.4. The molecule has 0 atom stereocenters. The van der Waals surface area contributed by atoms with Crippen molar-refractivity contribution in [3.8, 4) is 10.6 Å². The highest BCUT2D eigenvalue weighted by molar-refractivity contribution is 7.71. The minimum atomic E-state index is -0.237.